The molecule has 0 saturated carbocycles. The lowest BCUT2D eigenvalue weighted by molar-refractivity contribution is -0.116. The molecular weight excluding hydrogens is 162 g/mol. The molecule has 1 heterocycles. The third-order valence-electron chi connectivity index (χ3n) is 2.50. The normalized spacial score (nSPS) is 18.8. The van der Waals surface area contributed by atoms with E-state index < -0.39 is 0 Å². The third-order valence-corrected chi connectivity index (χ3v) is 2.50. The van der Waals surface area contributed by atoms with Crippen molar-refractivity contribution in [2.45, 2.75) is 0 Å². The molecule has 0 saturated heterocycles. The largest absolute Gasteiger partial charge is 0.307 e. The van der Waals surface area contributed by atoms with Crippen LogP contribution in [0.2, 0.25) is 0 Å². The highest BCUT2D eigenvalue weighted by Gasteiger charge is 2.30. The van der Waals surface area contributed by atoms with E-state index in [1.165, 1.54) is 0 Å². The first-order chi connectivity index (χ1) is 6.37. The standard InChI is InChI=1S/C11H12NO/c13-10-12(8-4-5-9-12)11-6-2-1-3-7-11/h1-7,10H,8-9H2/q+1. The summed E-state index contributed by atoms with van der Waals surface area (Å²) in [5.41, 5.74) is 1.07. The van der Waals surface area contributed by atoms with Crippen LogP contribution in [0.15, 0.2) is 42.5 Å². The van der Waals surface area contributed by atoms with Crippen molar-refractivity contribution < 1.29 is 4.79 Å². The lowest BCUT2D eigenvalue weighted by Gasteiger charge is -2.25. The van der Waals surface area contributed by atoms with Crippen molar-refractivity contribution in [3.8, 4) is 0 Å². The maximum absolute atomic E-state index is 11.1. The fourth-order valence-corrected chi connectivity index (χ4v) is 1.68. The van der Waals surface area contributed by atoms with Gasteiger partial charge in [0.15, 0.2) is 0 Å². The van der Waals surface area contributed by atoms with E-state index in [9.17, 15) is 4.79 Å². The van der Waals surface area contributed by atoms with Crippen molar-refractivity contribution >= 4 is 12.1 Å². The first kappa shape index (κ1) is 8.20. The number of carbonyl (C=O) groups excluding carboxylic acids is 1. The Labute approximate surface area is 77.7 Å². The molecule has 1 aliphatic heterocycles. The molecule has 0 aromatic heterocycles. The molecule has 0 N–H and O–H groups in total. The quantitative estimate of drug-likeness (QED) is 0.379. The Morgan fingerprint density at radius 2 is 1.69 bits per heavy atom. The summed E-state index contributed by atoms with van der Waals surface area (Å²) in [5.74, 6) is 0. The summed E-state index contributed by atoms with van der Waals surface area (Å²) >= 11 is 0. The van der Waals surface area contributed by atoms with Gasteiger partial charge in [-0.1, -0.05) is 18.2 Å². The highest BCUT2D eigenvalue weighted by Crippen LogP contribution is 2.23. The van der Waals surface area contributed by atoms with Crippen molar-refractivity contribution in [2.75, 3.05) is 13.1 Å². The lowest BCUT2D eigenvalue weighted by Crippen LogP contribution is -2.45. The maximum Gasteiger partial charge on any atom is 0.307 e. The van der Waals surface area contributed by atoms with E-state index in [0.29, 0.717) is 4.48 Å². The molecule has 1 amide bonds. The predicted molar refractivity (Wildman–Crippen MR) is 53.2 cm³/mol. The molecule has 66 valence electrons. The second kappa shape index (κ2) is 3.15. The Kier molecular flexibility index (Phi) is 1.99. The maximum atomic E-state index is 11.1. The van der Waals surface area contributed by atoms with E-state index in [4.69, 9.17) is 0 Å². The minimum atomic E-state index is 0.417. The van der Waals surface area contributed by atoms with Gasteiger partial charge in [0, 0.05) is 0 Å². The van der Waals surface area contributed by atoms with Gasteiger partial charge in [0.1, 0.15) is 18.8 Å². The van der Waals surface area contributed by atoms with Crippen molar-refractivity contribution in [1.29, 1.82) is 0 Å². The molecule has 0 bridgehead atoms. The molecule has 0 atom stereocenters. The Morgan fingerprint density at radius 3 is 2.23 bits per heavy atom. The zero-order chi connectivity index (χ0) is 9.15. The van der Waals surface area contributed by atoms with Gasteiger partial charge in [-0.3, -0.25) is 0 Å². The number of carbonyl (C=O) groups is 1. The van der Waals surface area contributed by atoms with Crippen LogP contribution in [0.5, 0.6) is 0 Å². The van der Waals surface area contributed by atoms with Gasteiger partial charge >= 0.3 is 6.41 Å². The molecule has 1 aliphatic rings. The predicted octanol–water partition coefficient (Wildman–Crippen LogP) is 1.72. The first-order valence-electron chi connectivity index (χ1n) is 4.41. The van der Waals surface area contributed by atoms with Crippen molar-refractivity contribution in [2.24, 2.45) is 0 Å². The first-order valence-corrected chi connectivity index (χ1v) is 4.41. The lowest BCUT2D eigenvalue weighted by atomic mass is 10.2. The van der Waals surface area contributed by atoms with E-state index in [-0.39, 0.29) is 0 Å². The van der Waals surface area contributed by atoms with Gasteiger partial charge in [-0.25, -0.2) is 9.28 Å². The summed E-state index contributed by atoms with van der Waals surface area (Å²) in [6.07, 6.45) is 5.14. The van der Waals surface area contributed by atoms with E-state index in [0.717, 1.165) is 25.2 Å². The van der Waals surface area contributed by atoms with Crippen molar-refractivity contribution in [3.05, 3.63) is 42.5 Å². The summed E-state index contributed by atoms with van der Waals surface area (Å²) in [6.45, 7) is 1.57. The molecule has 2 rings (SSSR count). The average Bonchev–Trinajstić information content (AvgIpc) is 2.69. The van der Waals surface area contributed by atoms with Crippen LogP contribution in [-0.2, 0) is 4.79 Å². The number of para-hydroxylation sites is 1. The van der Waals surface area contributed by atoms with Gasteiger partial charge in [0.25, 0.3) is 0 Å². The Bertz CT molecular complexity index is 321. The van der Waals surface area contributed by atoms with Crippen molar-refractivity contribution in [1.82, 2.24) is 4.48 Å². The highest BCUT2D eigenvalue weighted by molar-refractivity contribution is 5.71. The number of rotatable bonds is 2. The smallest absolute Gasteiger partial charge is 0.233 e. The fourth-order valence-electron chi connectivity index (χ4n) is 1.68. The Hall–Kier alpha value is -1.41. The summed E-state index contributed by atoms with van der Waals surface area (Å²) < 4.78 is 0.417. The van der Waals surface area contributed by atoms with Gasteiger partial charge in [-0.15, -0.1) is 0 Å². The number of nitrogens with zero attached hydrogens (tertiary/aromatic N) is 1. The highest BCUT2D eigenvalue weighted by atomic mass is 16.1. The average molecular weight is 174 g/mol. The summed E-state index contributed by atoms with van der Waals surface area (Å²) in [6, 6.07) is 9.91. The number of amides is 1. The molecule has 13 heavy (non-hydrogen) atoms. The molecule has 0 spiro atoms. The minimum absolute atomic E-state index is 0.417. The van der Waals surface area contributed by atoms with E-state index in [2.05, 4.69) is 12.2 Å². The Morgan fingerprint density at radius 1 is 1.08 bits per heavy atom. The van der Waals surface area contributed by atoms with E-state index in [1.807, 2.05) is 30.3 Å². The number of hydrogen-bond donors (Lipinski definition) is 0. The van der Waals surface area contributed by atoms with Crippen LogP contribution in [0.4, 0.5) is 5.69 Å². The fraction of sp³-hybridized carbons (Fsp3) is 0.182. The van der Waals surface area contributed by atoms with Gasteiger partial charge in [0.2, 0.25) is 0 Å². The topological polar surface area (TPSA) is 17.1 Å². The third kappa shape index (κ3) is 1.29. The second-order valence-electron chi connectivity index (χ2n) is 3.31. The van der Waals surface area contributed by atoms with E-state index >= 15 is 0 Å². The summed E-state index contributed by atoms with van der Waals surface area (Å²) in [5, 5.41) is 0. The van der Waals surface area contributed by atoms with E-state index in [1.54, 1.807) is 0 Å². The van der Waals surface area contributed by atoms with Crippen LogP contribution in [-0.4, -0.2) is 19.5 Å². The second-order valence-corrected chi connectivity index (χ2v) is 3.31. The minimum Gasteiger partial charge on any atom is -0.233 e. The van der Waals surface area contributed by atoms with Crippen LogP contribution >= 0.6 is 0 Å². The van der Waals surface area contributed by atoms with Gasteiger partial charge < -0.3 is 0 Å². The van der Waals surface area contributed by atoms with Crippen LogP contribution in [0.1, 0.15) is 0 Å². The molecule has 0 radical (unpaired) electrons. The summed E-state index contributed by atoms with van der Waals surface area (Å²) in [7, 11) is 0. The number of benzene rings is 1. The Balaban J connectivity index is 2.38. The van der Waals surface area contributed by atoms with Crippen LogP contribution < -0.4 is 4.48 Å². The SMILES string of the molecule is O=C[N+]1(c2ccccc2)CC=CC1. The molecule has 1 aromatic rings. The van der Waals surface area contributed by atoms with Gasteiger partial charge in [-0.05, 0) is 24.3 Å². The molecule has 0 fully saturated rings. The van der Waals surface area contributed by atoms with Gasteiger partial charge in [0.05, 0.1) is 0 Å². The molecule has 0 aliphatic carbocycles. The van der Waals surface area contributed by atoms with Crippen LogP contribution in [0.25, 0.3) is 0 Å². The van der Waals surface area contributed by atoms with Crippen molar-refractivity contribution in [3.63, 3.8) is 0 Å². The van der Waals surface area contributed by atoms with Crippen LogP contribution in [0, 0.1) is 0 Å². The molecule has 0 unspecified atom stereocenters. The zero-order valence-electron chi connectivity index (χ0n) is 7.39. The number of hydrogen-bond acceptors (Lipinski definition) is 1. The van der Waals surface area contributed by atoms with Crippen LogP contribution in [0.3, 0.4) is 0 Å². The molecular formula is C11H12NO+. The monoisotopic (exact) mass is 174 g/mol. The zero-order valence-corrected chi connectivity index (χ0v) is 7.39. The molecule has 2 nitrogen and oxygen atoms in total. The molecule has 1 aromatic carbocycles. The summed E-state index contributed by atoms with van der Waals surface area (Å²) in [4.78, 5) is 11.1. The molecule has 2 heteroatoms. The number of quaternary nitrogens is 1. The van der Waals surface area contributed by atoms with Gasteiger partial charge in [-0.2, -0.15) is 0 Å².